The fraction of sp³-hybridized carbons (Fsp3) is 0.700. The number of ether oxygens (including phenoxy) is 1. The number of carbonyl (C=O) groups excluding carboxylic acids is 1. The lowest BCUT2D eigenvalue weighted by molar-refractivity contribution is -0.151. The van der Waals surface area contributed by atoms with Crippen molar-refractivity contribution in [2.45, 2.75) is 19.0 Å². The highest BCUT2D eigenvalue weighted by Crippen LogP contribution is 2.52. The standard InChI is InChI=1S/C10H13FO2/c1-10(11)7-4-3-6(5-7)8(10)9(12)13-2/h3-4,6-8H,5H2,1-2H3. The minimum absolute atomic E-state index is 0.0486. The van der Waals surface area contributed by atoms with Crippen LogP contribution in [0.15, 0.2) is 12.2 Å². The first-order valence-corrected chi connectivity index (χ1v) is 4.52. The summed E-state index contributed by atoms with van der Waals surface area (Å²) in [4.78, 5) is 11.3. The van der Waals surface area contributed by atoms with Crippen molar-refractivity contribution in [1.29, 1.82) is 0 Å². The van der Waals surface area contributed by atoms with E-state index in [-0.39, 0.29) is 11.8 Å². The number of alkyl halides is 1. The van der Waals surface area contributed by atoms with Crippen molar-refractivity contribution in [2.24, 2.45) is 17.8 Å². The smallest absolute Gasteiger partial charge is 0.312 e. The number of esters is 1. The molecule has 0 aromatic carbocycles. The van der Waals surface area contributed by atoms with Crippen molar-refractivity contribution in [1.82, 2.24) is 0 Å². The van der Waals surface area contributed by atoms with E-state index in [2.05, 4.69) is 4.74 Å². The zero-order chi connectivity index (χ0) is 9.64. The lowest BCUT2D eigenvalue weighted by atomic mass is 9.82. The molecule has 2 nitrogen and oxygen atoms in total. The summed E-state index contributed by atoms with van der Waals surface area (Å²) in [6.07, 6.45) is 4.57. The Bertz CT molecular complexity index is 270. The molecule has 13 heavy (non-hydrogen) atoms. The molecule has 0 saturated heterocycles. The third-order valence-electron chi connectivity index (χ3n) is 3.33. The van der Waals surface area contributed by atoms with Crippen LogP contribution in [-0.2, 0) is 9.53 Å². The van der Waals surface area contributed by atoms with Gasteiger partial charge in [0.25, 0.3) is 0 Å². The third-order valence-corrected chi connectivity index (χ3v) is 3.33. The van der Waals surface area contributed by atoms with E-state index in [1.807, 2.05) is 12.2 Å². The lowest BCUT2D eigenvalue weighted by Crippen LogP contribution is -2.39. The van der Waals surface area contributed by atoms with Crippen LogP contribution in [0.5, 0.6) is 0 Å². The van der Waals surface area contributed by atoms with Gasteiger partial charge in [-0.1, -0.05) is 12.2 Å². The summed E-state index contributed by atoms with van der Waals surface area (Å²) in [6, 6.07) is 0. The maximum absolute atomic E-state index is 14.1. The minimum atomic E-state index is -1.41. The molecule has 0 aromatic rings. The molecule has 0 N–H and O–H groups in total. The zero-order valence-corrected chi connectivity index (χ0v) is 7.79. The number of allylic oxidation sites excluding steroid dienone is 2. The Morgan fingerprint density at radius 2 is 2.31 bits per heavy atom. The number of fused-ring (bicyclic) bond motifs is 2. The molecule has 1 fully saturated rings. The molecule has 2 aliphatic carbocycles. The van der Waals surface area contributed by atoms with Crippen LogP contribution in [0.1, 0.15) is 13.3 Å². The van der Waals surface area contributed by atoms with Gasteiger partial charge in [-0.2, -0.15) is 0 Å². The van der Waals surface area contributed by atoms with Crippen molar-refractivity contribution in [3.63, 3.8) is 0 Å². The van der Waals surface area contributed by atoms with Crippen LogP contribution in [0.25, 0.3) is 0 Å². The van der Waals surface area contributed by atoms with Crippen molar-refractivity contribution < 1.29 is 13.9 Å². The van der Waals surface area contributed by atoms with Gasteiger partial charge in [0, 0.05) is 5.92 Å². The van der Waals surface area contributed by atoms with E-state index in [0.717, 1.165) is 6.42 Å². The highest BCUT2D eigenvalue weighted by molar-refractivity contribution is 5.75. The maximum atomic E-state index is 14.1. The van der Waals surface area contributed by atoms with Gasteiger partial charge in [0.15, 0.2) is 0 Å². The molecule has 2 bridgehead atoms. The number of hydrogen-bond donors (Lipinski definition) is 0. The predicted octanol–water partition coefficient (Wildman–Crippen LogP) is 1.71. The van der Waals surface area contributed by atoms with E-state index in [0.29, 0.717) is 0 Å². The zero-order valence-electron chi connectivity index (χ0n) is 7.79. The van der Waals surface area contributed by atoms with Crippen LogP contribution in [0, 0.1) is 17.8 Å². The van der Waals surface area contributed by atoms with Crippen LogP contribution >= 0.6 is 0 Å². The van der Waals surface area contributed by atoms with Gasteiger partial charge >= 0.3 is 5.97 Å². The highest BCUT2D eigenvalue weighted by Gasteiger charge is 2.57. The van der Waals surface area contributed by atoms with Crippen LogP contribution in [-0.4, -0.2) is 18.7 Å². The molecular formula is C10H13FO2. The summed E-state index contributed by atoms with van der Waals surface area (Å²) >= 11 is 0. The van der Waals surface area contributed by atoms with Gasteiger partial charge in [0.2, 0.25) is 0 Å². The Morgan fingerprint density at radius 3 is 2.77 bits per heavy atom. The molecule has 1 saturated carbocycles. The summed E-state index contributed by atoms with van der Waals surface area (Å²) in [5.74, 6) is -1.05. The number of carbonyl (C=O) groups is 1. The summed E-state index contributed by atoms with van der Waals surface area (Å²) < 4.78 is 18.7. The molecule has 3 heteroatoms. The Morgan fingerprint density at radius 1 is 1.62 bits per heavy atom. The molecule has 0 aliphatic heterocycles. The fourth-order valence-corrected chi connectivity index (χ4v) is 2.57. The number of methoxy groups -OCH3 is 1. The molecule has 72 valence electrons. The normalized spacial score (nSPS) is 46.8. The first-order valence-electron chi connectivity index (χ1n) is 4.52. The van der Waals surface area contributed by atoms with Crippen molar-refractivity contribution in [2.75, 3.05) is 7.11 Å². The predicted molar refractivity (Wildman–Crippen MR) is 45.8 cm³/mol. The van der Waals surface area contributed by atoms with Crippen molar-refractivity contribution >= 4 is 5.97 Å². The first-order chi connectivity index (χ1) is 6.07. The second kappa shape index (κ2) is 2.56. The van der Waals surface area contributed by atoms with E-state index >= 15 is 0 Å². The van der Waals surface area contributed by atoms with Crippen LogP contribution in [0.3, 0.4) is 0 Å². The molecule has 0 amide bonds. The molecule has 2 rings (SSSR count). The van der Waals surface area contributed by atoms with Gasteiger partial charge in [-0.15, -0.1) is 0 Å². The summed E-state index contributed by atoms with van der Waals surface area (Å²) in [6.45, 7) is 1.50. The minimum Gasteiger partial charge on any atom is -0.469 e. The lowest BCUT2D eigenvalue weighted by Gasteiger charge is -2.29. The monoisotopic (exact) mass is 184 g/mol. The SMILES string of the molecule is COC(=O)C1C2C=CC(C2)C1(C)F. The molecule has 0 heterocycles. The fourth-order valence-electron chi connectivity index (χ4n) is 2.57. The van der Waals surface area contributed by atoms with Gasteiger partial charge in [0.05, 0.1) is 13.0 Å². The Kier molecular flexibility index (Phi) is 1.72. The Balaban J connectivity index is 2.29. The quantitative estimate of drug-likeness (QED) is 0.458. The number of rotatable bonds is 1. The summed E-state index contributed by atoms with van der Waals surface area (Å²) in [5.41, 5.74) is -1.41. The summed E-state index contributed by atoms with van der Waals surface area (Å²) in [7, 11) is 1.31. The average Bonchev–Trinajstić information content (AvgIpc) is 2.60. The maximum Gasteiger partial charge on any atom is 0.312 e. The van der Waals surface area contributed by atoms with Crippen LogP contribution in [0.2, 0.25) is 0 Å². The van der Waals surface area contributed by atoms with Gasteiger partial charge in [-0.3, -0.25) is 4.79 Å². The van der Waals surface area contributed by atoms with Crippen LogP contribution < -0.4 is 0 Å². The van der Waals surface area contributed by atoms with E-state index in [1.54, 1.807) is 0 Å². The number of halogens is 1. The molecule has 0 radical (unpaired) electrons. The second-order valence-electron chi connectivity index (χ2n) is 4.04. The highest BCUT2D eigenvalue weighted by atomic mass is 19.1. The van der Waals surface area contributed by atoms with Gasteiger partial charge in [-0.05, 0) is 19.3 Å². The molecule has 4 unspecified atom stereocenters. The summed E-state index contributed by atoms with van der Waals surface area (Å²) in [5, 5.41) is 0. The van der Waals surface area contributed by atoms with Gasteiger partial charge in [0.1, 0.15) is 5.67 Å². The second-order valence-corrected chi connectivity index (χ2v) is 4.04. The van der Waals surface area contributed by atoms with E-state index in [1.165, 1.54) is 14.0 Å². The van der Waals surface area contributed by atoms with Gasteiger partial charge < -0.3 is 4.74 Å². The Labute approximate surface area is 76.8 Å². The molecular weight excluding hydrogens is 171 g/mol. The third kappa shape index (κ3) is 1.02. The van der Waals surface area contributed by atoms with Crippen LogP contribution in [0.4, 0.5) is 4.39 Å². The first kappa shape index (κ1) is 8.73. The molecule has 2 aliphatic rings. The van der Waals surface area contributed by atoms with E-state index < -0.39 is 17.6 Å². The Hall–Kier alpha value is -0.860. The van der Waals surface area contributed by atoms with Crippen molar-refractivity contribution in [3.05, 3.63) is 12.2 Å². The van der Waals surface area contributed by atoms with E-state index in [4.69, 9.17) is 0 Å². The molecule has 4 atom stereocenters. The molecule has 0 aromatic heterocycles. The largest absolute Gasteiger partial charge is 0.469 e. The van der Waals surface area contributed by atoms with Gasteiger partial charge in [-0.25, -0.2) is 4.39 Å². The molecule has 0 spiro atoms. The number of hydrogen-bond acceptors (Lipinski definition) is 2. The van der Waals surface area contributed by atoms with E-state index in [9.17, 15) is 9.18 Å². The van der Waals surface area contributed by atoms with Crippen molar-refractivity contribution in [3.8, 4) is 0 Å². The topological polar surface area (TPSA) is 26.3 Å². The average molecular weight is 184 g/mol.